The maximum absolute atomic E-state index is 11.6. The van der Waals surface area contributed by atoms with Gasteiger partial charge in [-0.1, -0.05) is 6.42 Å². The van der Waals surface area contributed by atoms with Gasteiger partial charge in [0, 0.05) is 19.1 Å². The van der Waals surface area contributed by atoms with Crippen molar-refractivity contribution in [3.8, 4) is 0 Å². The van der Waals surface area contributed by atoms with E-state index in [2.05, 4.69) is 10.6 Å². The minimum atomic E-state index is -4.09. The van der Waals surface area contributed by atoms with Crippen LogP contribution in [0.15, 0.2) is 0 Å². The van der Waals surface area contributed by atoms with Gasteiger partial charge in [0.1, 0.15) is 0 Å². The zero-order chi connectivity index (χ0) is 9.73. The summed E-state index contributed by atoms with van der Waals surface area (Å²) in [5, 5.41) is 5.52. The van der Waals surface area contributed by atoms with E-state index in [4.69, 9.17) is 0 Å². The van der Waals surface area contributed by atoms with Gasteiger partial charge in [-0.2, -0.15) is 13.2 Å². The van der Waals surface area contributed by atoms with Gasteiger partial charge in [0.2, 0.25) is 0 Å². The normalized spacial score (nSPS) is 18.7. The Morgan fingerprint density at radius 3 is 2.31 bits per heavy atom. The van der Waals surface area contributed by atoms with E-state index < -0.39 is 12.7 Å². The summed E-state index contributed by atoms with van der Waals surface area (Å²) in [6, 6.07) is 0.549. The van der Waals surface area contributed by atoms with Crippen molar-refractivity contribution < 1.29 is 13.2 Å². The van der Waals surface area contributed by atoms with E-state index in [0.29, 0.717) is 19.1 Å². The molecule has 0 atom stereocenters. The predicted octanol–water partition coefficient (Wildman–Crippen LogP) is 1.28. The van der Waals surface area contributed by atoms with Crippen molar-refractivity contribution in [1.82, 2.24) is 10.6 Å². The zero-order valence-electron chi connectivity index (χ0n) is 7.45. The number of hydrogen-bond donors (Lipinski definition) is 2. The van der Waals surface area contributed by atoms with E-state index in [1.54, 1.807) is 0 Å². The SMILES string of the molecule is FC(F)(F)CNCCNC1CCC1. The summed E-state index contributed by atoms with van der Waals surface area (Å²) in [4.78, 5) is 0. The Hall–Kier alpha value is -0.290. The highest BCUT2D eigenvalue weighted by Crippen LogP contribution is 2.17. The minimum Gasteiger partial charge on any atom is -0.313 e. The van der Waals surface area contributed by atoms with E-state index in [1.165, 1.54) is 19.3 Å². The van der Waals surface area contributed by atoms with Crippen LogP contribution in [0.4, 0.5) is 13.2 Å². The van der Waals surface area contributed by atoms with E-state index in [-0.39, 0.29) is 0 Å². The molecule has 1 saturated carbocycles. The van der Waals surface area contributed by atoms with E-state index in [0.717, 1.165) is 0 Å². The molecule has 0 aromatic heterocycles. The Morgan fingerprint density at radius 1 is 1.15 bits per heavy atom. The molecule has 78 valence electrons. The van der Waals surface area contributed by atoms with Crippen LogP contribution in [-0.4, -0.2) is 31.9 Å². The molecule has 0 aromatic rings. The lowest BCUT2D eigenvalue weighted by Crippen LogP contribution is -2.40. The van der Waals surface area contributed by atoms with Crippen molar-refractivity contribution in [1.29, 1.82) is 0 Å². The van der Waals surface area contributed by atoms with Gasteiger partial charge >= 0.3 is 6.18 Å². The van der Waals surface area contributed by atoms with Crippen molar-refractivity contribution in [2.45, 2.75) is 31.5 Å². The fraction of sp³-hybridized carbons (Fsp3) is 1.00. The number of rotatable bonds is 5. The Bertz CT molecular complexity index is 143. The highest BCUT2D eigenvalue weighted by Gasteiger charge is 2.26. The number of alkyl halides is 3. The summed E-state index contributed by atoms with van der Waals surface area (Å²) >= 11 is 0. The molecule has 0 aliphatic heterocycles. The average molecular weight is 196 g/mol. The van der Waals surface area contributed by atoms with Gasteiger partial charge in [0.05, 0.1) is 6.54 Å². The first kappa shape index (κ1) is 10.8. The Morgan fingerprint density at radius 2 is 1.85 bits per heavy atom. The molecule has 1 rings (SSSR count). The maximum Gasteiger partial charge on any atom is 0.401 e. The molecule has 2 nitrogen and oxygen atoms in total. The first-order valence-electron chi connectivity index (χ1n) is 4.59. The third-order valence-electron chi connectivity index (χ3n) is 2.17. The summed E-state index contributed by atoms with van der Waals surface area (Å²) in [6.45, 7) is 0.121. The Balaban J connectivity index is 1.83. The van der Waals surface area contributed by atoms with Crippen molar-refractivity contribution in [2.24, 2.45) is 0 Å². The highest BCUT2D eigenvalue weighted by atomic mass is 19.4. The quantitative estimate of drug-likeness (QED) is 0.647. The van der Waals surface area contributed by atoms with Crippen LogP contribution in [0.3, 0.4) is 0 Å². The van der Waals surface area contributed by atoms with Crippen LogP contribution in [0.5, 0.6) is 0 Å². The second kappa shape index (κ2) is 4.81. The fourth-order valence-electron chi connectivity index (χ4n) is 1.21. The Labute approximate surface area is 75.9 Å². The first-order valence-corrected chi connectivity index (χ1v) is 4.59. The van der Waals surface area contributed by atoms with Crippen LogP contribution >= 0.6 is 0 Å². The van der Waals surface area contributed by atoms with Gasteiger partial charge in [-0.3, -0.25) is 0 Å². The number of halogens is 3. The first-order chi connectivity index (χ1) is 6.08. The number of nitrogens with one attached hydrogen (secondary N) is 2. The van der Waals surface area contributed by atoms with Crippen molar-refractivity contribution in [2.75, 3.05) is 19.6 Å². The lowest BCUT2D eigenvalue weighted by molar-refractivity contribution is -0.124. The molecule has 1 aliphatic rings. The maximum atomic E-state index is 11.6. The van der Waals surface area contributed by atoms with Crippen LogP contribution < -0.4 is 10.6 Å². The molecule has 5 heteroatoms. The summed E-state index contributed by atoms with van der Waals surface area (Å²) in [5.74, 6) is 0. The smallest absolute Gasteiger partial charge is 0.313 e. The van der Waals surface area contributed by atoms with E-state index >= 15 is 0 Å². The molecule has 0 aromatic carbocycles. The lowest BCUT2D eigenvalue weighted by Gasteiger charge is -2.26. The monoisotopic (exact) mass is 196 g/mol. The van der Waals surface area contributed by atoms with E-state index in [1.807, 2.05) is 0 Å². The molecular formula is C8H15F3N2. The molecule has 0 radical (unpaired) electrons. The van der Waals surface area contributed by atoms with Crippen LogP contribution in [0.25, 0.3) is 0 Å². The molecule has 1 aliphatic carbocycles. The van der Waals surface area contributed by atoms with Gasteiger partial charge in [-0.15, -0.1) is 0 Å². The van der Waals surface area contributed by atoms with Gasteiger partial charge in [-0.25, -0.2) is 0 Å². The van der Waals surface area contributed by atoms with Gasteiger partial charge in [0.15, 0.2) is 0 Å². The van der Waals surface area contributed by atoms with Crippen LogP contribution in [0.2, 0.25) is 0 Å². The molecule has 1 fully saturated rings. The molecule has 0 heterocycles. The van der Waals surface area contributed by atoms with Crippen molar-refractivity contribution in [3.63, 3.8) is 0 Å². The number of hydrogen-bond acceptors (Lipinski definition) is 2. The van der Waals surface area contributed by atoms with Crippen molar-refractivity contribution >= 4 is 0 Å². The third kappa shape index (κ3) is 5.10. The molecule has 0 spiro atoms. The van der Waals surface area contributed by atoms with Gasteiger partial charge in [0.25, 0.3) is 0 Å². The third-order valence-corrected chi connectivity index (χ3v) is 2.17. The summed E-state index contributed by atoms with van der Waals surface area (Å²) in [7, 11) is 0. The molecule has 13 heavy (non-hydrogen) atoms. The molecule has 0 unspecified atom stereocenters. The molecule has 0 amide bonds. The molecule has 0 saturated heterocycles. The van der Waals surface area contributed by atoms with Crippen molar-refractivity contribution in [3.05, 3.63) is 0 Å². The standard InChI is InChI=1S/C8H15F3N2/c9-8(10,11)6-12-4-5-13-7-2-1-3-7/h7,12-13H,1-6H2. The van der Waals surface area contributed by atoms with Gasteiger partial charge < -0.3 is 10.6 Å². The highest BCUT2D eigenvalue weighted by molar-refractivity contribution is 4.76. The summed E-state index contributed by atoms with van der Waals surface area (Å²) < 4.78 is 34.9. The average Bonchev–Trinajstić information content (AvgIpc) is 1.90. The molecular weight excluding hydrogens is 181 g/mol. The van der Waals surface area contributed by atoms with Crippen LogP contribution in [0, 0.1) is 0 Å². The van der Waals surface area contributed by atoms with E-state index in [9.17, 15) is 13.2 Å². The second-order valence-corrected chi connectivity index (χ2v) is 3.37. The molecule has 2 N–H and O–H groups in total. The van der Waals surface area contributed by atoms with Gasteiger partial charge in [-0.05, 0) is 12.8 Å². The minimum absolute atomic E-state index is 0.385. The Kier molecular flexibility index (Phi) is 3.99. The predicted molar refractivity (Wildman–Crippen MR) is 44.6 cm³/mol. The second-order valence-electron chi connectivity index (χ2n) is 3.37. The summed E-state index contributed by atoms with van der Waals surface area (Å²) in [6.07, 6.45) is -0.511. The fourth-order valence-corrected chi connectivity index (χ4v) is 1.21. The van der Waals surface area contributed by atoms with Crippen LogP contribution in [-0.2, 0) is 0 Å². The molecule has 0 bridgehead atoms. The van der Waals surface area contributed by atoms with Crippen LogP contribution in [0.1, 0.15) is 19.3 Å². The zero-order valence-corrected chi connectivity index (χ0v) is 7.45. The topological polar surface area (TPSA) is 24.1 Å². The largest absolute Gasteiger partial charge is 0.401 e. The summed E-state index contributed by atoms with van der Waals surface area (Å²) in [5.41, 5.74) is 0. The lowest BCUT2D eigenvalue weighted by atomic mass is 9.93.